The van der Waals surface area contributed by atoms with Crippen molar-refractivity contribution >= 4 is 46.4 Å². The zero-order chi connectivity index (χ0) is 23.8. The molecule has 0 unspecified atom stereocenters. The highest BCUT2D eigenvalue weighted by atomic mass is 35.5. The van der Waals surface area contributed by atoms with Crippen LogP contribution in [0.2, 0.25) is 5.02 Å². The summed E-state index contributed by atoms with van der Waals surface area (Å²) >= 11 is 5.82. The Morgan fingerprint density at radius 3 is 2.12 bits per heavy atom. The predicted octanol–water partition coefficient (Wildman–Crippen LogP) is 4.37. The second kappa shape index (κ2) is 11.0. The summed E-state index contributed by atoms with van der Waals surface area (Å²) in [7, 11) is 0. The third-order valence-corrected chi connectivity index (χ3v) is 4.76. The van der Waals surface area contributed by atoms with Gasteiger partial charge in [0.05, 0.1) is 22.9 Å². The fraction of sp³-hybridized carbons (Fsp3) is 0.125. The number of nitrogens with one attached hydrogen (secondary N) is 2. The lowest BCUT2D eigenvalue weighted by Crippen LogP contribution is -2.21. The van der Waals surface area contributed by atoms with Crippen molar-refractivity contribution in [2.24, 2.45) is 0 Å². The molecule has 3 aromatic rings. The molecule has 4 N–H and O–H groups in total. The Bertz CT molecular complexity index is 1150. The van der Waals surface area contributed by atoms with Crippen molar-refractivity contribution in [3.05, 3.63) is 82.9 Å². The molecule has 3 aromatic carbocycles. The van der Waals surface area contributed by atoms with Gasteiger partial charge in [-0.1, -0.05) is 11.6 Å². The maximum Gasteiger partial charge on any atom is 0.338 e. The van der Waals surface area contributed by atoms with Crippen LogP contribution in [0.15, 0.2) is 66.7 Å². The molecule has 0 atom stereocenters. The van der Waals surface area contributed by atoms with E-state index in [0.717, 1.165) is 5.75 Å². The maximum atomic E-state index is 12.4. The summed E-state index contributed by atoms with van der Waals surface area (Å²) in [5, 5.41) is 5.70. The van der Waals surface area contributed by atoms with Gasteiger partial charge in [-0.05, 0) is 73.7 Å². The average Bonchev–Trinajstić information content (AvgIpc) is 2.81. The molecule has 0 aromatic heterocycles. The molecule has 9 heteroatoms. The molecule has 2 amide bonds. The summed E-state index contributed by atoms with van der Waals surface area (Å²) < 4.78 is 10.4. The van der Waals surface area contributed by atoms with Gasteiger partial charge in [-0.15, -0.1) is 0 Å². The first-order valence-electron chi connectivity index (χ1n) is 10.0. The Morgan fingerprint density at radius 1 is 0.879 bits per heavy atom. The Morgan fingerprint density at radius 2 is 1.48 bits per heavy atom. The van der Waals surface area contributed by atoms with Crippen LogP contribution in [0.5, 0.6) is 5.75 Å². The maximum absolute atomic E-state index is 12.4. The molecule has 0 aliphatic heterocycles. The van der Waals surface area contributed by atoms with Gasteiger partial charge in [-0.25, -0.2) is 4.79 Å². The minimum Gasteiger partial charge on any atom is -0.494 e. The summed E-state index contributed by atoms with van der Waals surface area (Å²) in [6, 6.07) is 17.6. The zero-order valence-electron chi connectivity index (χ0n) is 17.8. The first-order valence-corrected chi connectivity index (χ1v) is 10.4. The van der Waals surface area contributed by atoms with Crippen LogP contribution in [-0.2, 0) is 9.53 Å². The van der Waals surface area contributed by atoms with E-state index in [1.54, 1.807) is 48.5 Å². The van der Waals surface area contributed by atoms with Gasteiger partial charge < -0.3 is 25.8 Å². The van der Waals surface area contributed by atoms with Gasteiger partial charge in [-0.2, -0.15) is 0 Å². The van der Waals surface area contributed by atoms with Gasteiger partial charge in [0.1, 0.15) is 5.75 Å². The minimum atomic E-state index is -0.699. The van der Waals surface area contributed by atoms with E-state index in [-0.39, 0.29) is 17.2 Å². The molecule has 0 fully saturated rings. The molecular formula is C24H22ClN3O5. The average molecular weight is 468 g/mol. The Hall–Kier alpha value is -4.04. The normalized spacial score (nSPS) is 10.2. The summed E-state index contributed by atoms with van der Waals surface area (Å²) in [6.45, 7) is 1.97. The van der Waals surface area contributed by atoms with E-state index in [4.69, 9.17) is 26.8 Å². The van der Waals surface area contributed by atoms with Crippen molar-refractivity contribution in [2.45, 2.75) is 6.92 Å². The second-order valence-corrected chi connectivity index (χ2v) is 7.26. The molecular weight excluding hydrogens is 446 g/mol. The topological polar surface area (TPSA) is 120 Å². The number of hydrogen-bond acceptors (Lipinski definition) is 6. The number of carbonyl (C=O) groups excluding carboxylic acids is 3. The largest absolute Gasteiger partial charge is 0.494 e. The molecule has 0 heterocycles. The first kappa shape index (κ1) is 23.6. The van der Waals surface area contributed by atoms with E-state index in [0.29, 0.717) is 28.6 Å². The van der Waals surface area contributed by atoms with Crippen LogP contribution in [0.4, 0.5) is 17.1 Å². The fourth-order valence-corrected chi connectivity index (χ4v) is 2.91. The second-order valence-electron chi connectivity index (χ2n) is 6.85. The lowest BCUT2D eigenvalue weighted by molar-refractivity contribution is -0.119. The molecule has 33 heavy (non-hydrogen) atoms. The van der Waals surface area contributed by atoms with Gasteiger partial charge in [0.15, 0.2) is 6.61 Å². The number of benzene rings is 3. The van der Waals surface area contributed by atoms with Crippen molar-refractivity contribution in [1.82, 2.24) is 0 Å². The van der Waals surface area contributed by atoms with Gasteiger partial charge in [0.2, 0.25) is 0 Å². The number of rotatable bonds is 8. The number of hydrogen-bond donors (Lipinski definition) is 3. The van der Waals surface area contributed by atoms with Crippen LogP contribution >= 0.6 is 11.6 Å². The lowest BCUT2D eigenvalue weighted by atomic mass is 10.2. The third kappa shape index (κ3) is 6.72. The summed E-state index contributed by atoms with van der Waals surface area (Å²) in [6.07, 6.45) is 0. The van der Waals surface area contributed by atoms with Crippen molar-refractivity contribution in [2.75, 3.05) is 29.6 Å². The van der Waals surface area contributed by atoms with Crippen LogP contribution in [0, 0.1) is 0 Å². The molecule has 3 rings (SSSR count). The minimum absolute atomic E-state index is 0.188. The highest BCUT2D eigenvalue weighted by Gasteiger charge is 2.12. The molecule has 0 aliphatic rings. The van der Waals surface area contributed by atoms with Crippen molar-refractivity contribution in [3.8, 4) is 5.75 Å². The van der Waals surface area contributed by atoms with E-state index in [1.807, 2.05) is 6.92 Å². The van der Waals surface area contributed by atoms with Crippen LogP contribution in [-0.4, -0.2) is 31.0 Å². The standard InChI is InChI=1S/C24H22ClN3O5/c1-2-32-19-10-8-18(9-11-19)28-23(30)15-3-6-17(7-4-15)27-22(29)14-33-24(31)16-5-12-20(25)21(26)13-16/h3-13H,2,14,26H2,1H3,(H,27,29)(H,28,30). The lowest BCUT2D eigenvalue weighted by Gasteiger charge is -2.09. The molecule has 170 valence electrons. The Labute approximate surface area is 195 Å². The smallest absolute Gasteiger partial charge is 0.338 e. The van der Waals surface area contributed by atoms with E-state index in [2.05, 4.69) is 10.6 Å². The molecule has 0 radical (unpaired) electrons. The van der Waals surface area contributed by atoms with Crippen LogP contribution < -0.4 is 21.1 Å². The summed E-state index contributed by atoms with van der Waals surface area (Å²) in [5.41, 5.74) is 7.57. The van der Waals surface area contributed by atoms with E-state index in [9.17, 15) is 14.4 Å². The zero-order valence-corrected chi connectivity index (χ0v) is 18.5. The molecule has 8 nitrogen and oxygen atoms in total. The molecule has 0 bridgehead atoms. The summed E-state index contributed by atoms with van der Waals surface area (Å²) in [5.74, 6) is -0.807. The molecule has 0 spiro atoms. The number of anilines is 3. The van der Waals surface area contributed by atoms with Crippen LogP contribution in [0.1, 0.15) is 27.6 Å². The van der Waals surface area contributed by atoms with Gasteiger partial charge in [-0.3, -0.25) is 9.59 Å². The van der Waals surface area contributed by atoms with Gasteiger partial charge >= 0.3 is 5.97 Å². The quantitative estimate of drug-likeness (QED) is 0.334. The highest BCUT2D eigenvalue weighted by Crippen LogP contribution is 2.20. The van der Waals surface area contributed by atoms with Gasteiger partial charge in [0, 0.05) is 16.9 Å². The number of nitrogens with two attached hydrogens (primary N) is 1. The van der Waals surface area contributed by atoms with E-state index in [1.165, 1.54) is 18.2 Å². The number of halogens is 1. The van der Waals surface area contributed by atoms with Crippen molar-refractivity contribution in [3.63, 3.8) is 0 Å². The number of amides is 2. The third-order valence-electron chi connectivity index (χ3n) is 4.42. The van der Waals surface area contributed by atoms with E-state index >= 15 is 0 Å². The number of nitrogen functional groups attached to an aromatic ring is 1. The van der Waals surface area contributed by atoms with Crippen LogP contribution in [0.3, 0.4) is 0 Å². The monoisotopic (exact) mass is 467 g/mol. The molecule has 0 aliphatic carbocycles. The van der Waals surface area contributed by atoms with Crippen LogP contribution in [0.25, 0.3) is 0 Å². The van der Waals surface area contributed by atoms with Gasteiger partial charge in [0.25, 0.3) is 11.8 Å². The van der Waals surface area contributed by atoms with Crippen molar-refractivity contribution < 1.29 is 23.9 Å². The number of carbonyl (C=O) groups is 3. The Kier molecular flexibility index (Phi) is 7.88. The molecule has 0 saturated carbocycles. The SMILES string of the molecule is CCOc1ccc(NC(=O)c2ccc(NC(=O)COC(=O)c3ccc(Cl)c(N)c3)cc2)cc1. The Balaban J connectivity index is 1.49. The fourth-order valence-electron chi connectivity index (χ4n) is 2.79. The highest BCUT2D eigenvalue weighted by molar-refractivity contribution is 6.33. The first-order chi connectivity index (χ1) is 15.9. The summed E-state index contributed by atoms with van der Waals surface area (Å²) in [4.78, 5) is 36.5. The molecule has 0 saturated heterocycles. The predicted molar refractivity (Wildman–Crippen MR) is 127 cm³/mol. The van der Waals surface area contributed by atoms with E-state index < -0.39 is 18.5 Å². The number of esters is 1. The van der Waals surface area contributed by atoms with Crippen molar-refractivity contribution in [1.29, 1.82) is 0 Å². The number of ether oxygens (including phenoxy) is 2.